The Labute approximate surface area is 176 Å². The van der Waals surface area contributed by atoms with E-state index in [0.29, 0.717) is 55.8 Å². The second-order valence-corrected chi connectivity index (χ2v) is 7.36. The molecule has 160 valence electrons. The minimum absolute atomic E-state index is 0.00856. The van der Waals surface area contributed by atoms with E-state index in [1.807, 2.05) is 17.0 Å². The van der Waals surface area contributed by atoms with Crippen molar-refractivity contribution in [3.05, 3.63) is 59.4 Å². The zero-order valence-corrected chi connectivity index (χ0v) is 17.3. The summed E-state index contributed by atoms with van der Waals surface area (Å²) in [5.74, 6) is 0.918. The van der Waals surface area contributed by atoms with Gasteiger partial charge in [-0.2, -0.15) is 0 Å². The van der Waals surface area contributed by atoms with Crippen LogP contribution in [-0.2, 0) is 11.2 Å². The molecule has 1 heterocycles. The lowest BCUT2D eigenvalue weighted by Crippen LogP contribution is -2.46. The van der Waals surface area contributed by atoms with E-state index in [9.17, 15) is 14.0 Å². The van der Waals surface area contributed by atoms with Crippen LogP contribution in [0.15, 0.2) is 42.5 Å². The molecular formula is C23H27FN2O4. The number of rotatable bonds is 7. The van der Waals surface area contributed by atoms with Gasteiger partial charge >= 0.3 is 0 Å². The molecule has 2 amide bonds. The van der Waals surface area contributed by atoms with E-state index in [1.165, 1.54) is 24.3 Å². The smallest absolute Gasteiger partial charge is 0.251 e. The van der Waals surface area contributed by atoms with Crippen molar-refractivity contribution in [3.8, 4) is 11.5 Å². The fourth-order valence-electron chi connectivity index (χ4n) is 3.56. The molecule has 0 saturated carbocycles. The average Bonchev–Trinajstić information content (AvgIpc) is 2.78. The molecule has 1 aliphatic heterocycles. The number of carbonyl (C=O) groups excluding carboxylic acids is 2. The van der Waals surface area contributed by atoms with Crippen molar-refractivity contribution in [1.82, 2.24) is 10.2 Å². The normalized spacial score (nSPS) is 14.3. The molecule has 0 spiro atoms. The number of methoxy groups -OCH3 is 2. The van der Waals surface area contributed by atoms with E-state index < -0.39 is 0 Å². The van der Waals surface area contributed by atoms with Gasteiger partial charge in [-0.3, -0.25) is 9.59 Å². The third-order valence-electron chi connectivity index (χ3n) is 5.33. The molecule has 3 rings (SSSR count). The van der Waals surface area contributed by atoms with Crippen molar-refractivity contribution >= 4 is 11.8 Å². The second kappa shape index (κ2) is 10.1. The number of nitrogens with one attached hydrogen (secondary N) is 1. The molecule has 0 bridgehead atoms. The largest absolute Gasteiger partial charge is 0.497 e. The van der Waals surface area contributed by atoms with Gasteiger partial charge in [0, 0.05) is 37.2 Å². The summed E-state index contributed by atoms with van der Waals surface area (Å²) in [6.07, 6.45) is 2.41. The van der Waals surface area contributed by atoms with Crippen molar-refractivity contribution in [1.29, 1.82) is 0 Å². The summed E-state index contributed by atoms with van der Waals surface area (Å²) in [5.41, 5.74) is 1.42. The van der Waals surface area contributed by atoms with Crippen molar-refractivity contribution in [2.75, 3.05) is 27.3 Å². The Hall–Kier alpha value is -3.09. The Kier molecular flexibility index (Phi) is 7.27. The summed E-state index contributed by atoms with van der Waals surface area (Å²) in [4.78, 5) is 26.7. The number of carbonyl (C=O) groups is 2. The van der Waals surface area contributed by atoms with Gasteiger partial charge in [0.15, 0.2) is 0 Å². The van der Waals surface area contributed by atoms with Crippen LogP contribution in [0.2, 0.25) is 0 Å². The van der Waals surface area contributed by atoms with Crippen LogP contribution in [0.1, 0.15) is 35.2 Å². The van der Waals surface area contributed by atoms with E-state index in [-0.39, 0.29) is 23.7 Å². The summed E-state index contributed by atoms with van der Waals surface area (Å²) in [6, 6.07) is 11.1. The number of amides is 2. The highest BCUT2D eigenvalue weighted by Crippen LogP contribution is 2.23. The van der Waals surface area contributed by atoms with E-state index in [0.717, 1.165) is 5.56 Å². The van der Waals surface area contributed by atoms with Crippen LogP contribution in [0.5, 0.6) is 11.5 Å². The number of piperidine rings is 1. The monoisotopic (exact) mass is 414 g/mol. The minimum atomic E-state index is -0.370. The number of halogens is 1. The second-order valence-electron chi connectivity index (χ2n) is 7.36. The maximum absolute atomic E-state index is 13.0. The van der Waals surface area contributed by atoms with Crippen LogP contribution in [0, 0.1) is 5.82 Å². The van der Waals surface area contributed by atoms with Crippen LogP contribution in [-0.4, -0.2) is 50.1 Å². The van der Waals surface area contributed by atoms with Gasteiger partial charge in [-0.1, -0.05) is 0 Å². The van der Waals surface area contributed by atoms with Gasteiger partial charge in [0.05, 0.1) is 14.2 Å². The van der Waals surface area contributed by atoms with Gasteiger partial charge in [0.25, 0.3) is 5.91 Å². The van der Waals surface area contributed by atoms with Gasteiger partial charge in [0.2, 0.25) is 5.91 Å². The van der Waals surface area contributed by atoms with Gasteiger partial charge in [-0.05, 0) is 61.2 Å². The maximum atomic E-state index is 13.0. The SMILES string of the molecule is COc1cc(CCC(=O)N2CCC(NC(=O)c3ccc(F)cc3)CC2)cc(OC)c1. The first kappa shape index (κ1) is 21.6. The summed E-state index contributed by atoms with van der Waals surface area (Å²) >= 11 is 0. The number of hydrogen-bond acceptors (Lipinski definition) is 4. The first-order valence-electron chi connectivity index (χ1n) is 10.0. The molecule has 7 heteroatoms. The number of hydrogen-bond donors (Lipinski definition) is 1. The third-order valence-corrected chi connectivity index (χ3v) is 5.33. The zero-order chi connectivity index (χ0) is 21.5. The fourth-order valence-corrected chi connectivity index (χ4v) is 3.56. The summed E-state index contributed by atoms with van der Waals surface area (Å²) in [6.45, 7) is 1.21. The highest BCUT2D eigenvalue weighted by Gasteiger charge is 2.24. The van der Waals surface area contributed by atoms with Gasteiger partial charge in [0.1, 0.15) is 17.3 Å². The predicted molar refractivity (Wildman–Crippen MR) is 111 cm³/mol. The quantitative estimate of drug-likeness (QED) is 0.756. The third kappa shape index (κ3) is 5.72. The van der Waals surface area contributed by atoms with E-state index in [2.05, 4.69) is 5.32 Å². The molecule has 30 heavy (non-hydrogen) atoms. The van der Waals surface area contributed by atoms with E-state index in [4.69, 9.17) is 9.47 Å². The minimum Gasteiger partial charge on any atom is -0.497 e. The molecule has 0 unspecified atom stereocenters. The van der Waals surface area contributed by atoms with Crippen molar-refractivity contribution in [2.45, 2.75) is 31.7 Å². The molecule has 1 N–H and O–H groups in total. The number of benzene rings is 2. The average molecular weight is 414 g/mol. The standard InChI is InChI=1S/C23H27FN2O4/c1-29-20-13-16(14-21(15-20)30-2)3-8-22(27)26-11-9-19(10-12-26)25-23(28)17-4-6-18(24)7-5-17/h4-7,13-15,19H,3,8-12H2,1-2H3,(H,25,28). The summed E-state index contributed by atoms with van der Waals surface area (Å²) in [5, 5.41) is 2.97. The van der Waals surface area contributed by atoms with Gasteiger partial charge in [-0.25, -0.2) is 4.39 Å². The molecule has 1 saturated heterocycles. The molecular weight excluding hydrogens is 387 g/mol. The molecule has 6 nitrogen and oxygen atoms in total. The number of likely N-dealkylation sites (tertiary alicyclic amines) is 1. The maximum Gasteiger partial charge on any atom is 0.251 e. The highest BCUT2D eigenvalue weighted by molar-refractivity contribution is 5.94. The molecule has 1 aliphatic rings. The Morgan fingerprint density at radius 1 is 1.03 bits per heavy atom. The van der Waals surface area contributed by atoms with Crippen LogP contribution in [0.25, 0.3) is 0 Å². The Morgan fingerprint density at radius 2 is 1.63 bits per heavy atom. The predicted octanol–water partition coefficient (Wildman–Crippen LogP) is 3.20. The first-order valence-corrected chi connectivity index (χ1v) is 10.0. The molecule has 0 aromatic heterocycles. The van der Waals surface area contributed by atoms with Gasteiger partial charge < -0.3 is 19.7 Å². The number of aryl methyl sites for hydroxylation is 1. The number of nitrogens with zero attached hydrogens (tertiary/aromatic N) is 1. The lowest BCUT2D eigenvalue weighted by atomic mass is 10.0. The first-order chi connectivity index (χ1) is 14.5. The van der Waals surface area contributed by atoms with Crippen LogP contribution < -0.4 is 14.8 Å². The lowest BCUT2D eigenvalue weighted by molar-refractivity contribution is -0.132. The Balaban J connectivity index is 1.46. The Morgan fingerprint density at radius 3 is 2.20 bits per heavy atom. The van der Waals surface area contributed by atoms with Crippen LogP contribution >= 0.6 is 0 Å². The molecule has 2 aromatic carbocycles. The van der Waals surface area contributed by atoms with E-state index >= 15 is 0 Å². The molecule has 2 aromatic rings. The molecule has 0 atom stereocenters. The van der Waals surface area contributed by atoms with Crippen molar-refractivity contribution in [2.24, 2.45) is 0 Å². The lowest BCUT2D eigenvalue weighted by Gasteiger charge is -2.32. The molecule has 1 fully saturated rings. The van der Waals surface area contributed by atoms with Crippen molar-refractivity contribution < 1.29 is 23.5 Å². The van der Waals surface area contributed by atoms with Gasteiger partial charge in [-0.15, -0.1) is 0 Å². The topological polar surface area (TPSA) is 67.9 Å². The van der Waals surface area contributed by atoms with E-state index in [1.54, 1.807) is 20.3 Å². The fraction of sp³-hybridized carbons (Fsp3) is 0.391. The van der Waals surface area contributed by atoms with Crippen LogP contribution in [0.3, 0.4) is 0 Å². The number of ether oxygens (including phenoxy) is 2. The summed E-state index contributed by atoms with van der Waals surface area (Å²) in [7, 11) is 3.20. The molecule has 0 aliphatic carbocycles. The zero-order valence-electron chi connectivity index (χ0n) is 17.3. The summed E-state index contributed by atoms with van der Waals surface area (Å²) < 4.78 is 23.5. The van der Waals surface area contributed by atoms with Crippen molar-refractivity contribution in [3.63, 3.8) is 0 Å². The van der Waals surface area contributed by atoms with Crippen LogP contribution in [0.4, 0.5) is 4.39 Å². The highest BCUT2D eigenvalue weighted by atomic mass is 19.1. The molecule has 0 radical (unpaired) electrons. The Bertz CT molecular complexity index is 855.